The van der Waals surface area contributed by atoms with Gasteiger partial charge in [-0.25, -0.2) is 0 Å². The minimum atomic E-state index is 0.270. The van der Waals surface area contributed by atoms with Crippen LogP contribution in [0.15, 0.2) is 18.2 Å². The van der Waals surface area contributed by atoms with Crippen LogP contribution in [0.5, 0.6) is 5.75 Å². The van der Waals surface area contributed by atoms with Crippen LogP contribution in [0.2, 0.25) is 0 Å². The van der Waals surface area contributed by atoms with Crippen LogP contribution in [0.4, 0.5) is 5.69 Å². The van der Waals surface area contributed by atoms with Gasteiger partial charge in [-0.1, -0.05) is 6.07 Å². The van der Waals surface area contributed by atoms with Gasteiger partial charge < -0.3 is 19.9 Å². The van der Waals surface area contributed by atoms with E-state index in [0.29, 0.717) is 25.0 Å². The van der Waals surface area contributed by atoms with Crippen LogP contribution < -0.4 is 15.0 Å². The number of nitrogens with zero attached hydrogens (tertiary/aromatic N) is 2. The van der Waals surface area contributed by atoms with Gasteiger partial charge >= 0.3 is 0 Å². The first-order valence-electron chi connectivity index (χ1n) is 8.52. The number of methoxy groups -OCH3 is 1. The van der Waals surface area contributed by atoms with E-state index in [0.717, 1.165) is 37.5 Å². The van der Waals surface area contributed by atoms with Crippen molar-refractivity contribution < 1.29 is 9.53 Å². The second kappa shape index (κ2) is 6.79. The van der Waals surface area contributed by atoms with Crippen molar-refractivity contribution in [3.05, 3.63) is 23.8 Å². The molecule has 0 saturated carbocycles. The first-order valence-corrected chi connectivity index (χ1v) is 8.52. The lowest BCUT2D eigenvalue weighted by Crippen LogP contribution is -2.54. The van der Waals surface area contributed by atoms with E-state index in [1.807, 2.05) is 11.0 Å². The third kappa shape index (κ3) is 3.61. The maximum absolute atomic E-state index is 11.9. The van der Waals surface area contributed by atoms with Gasteiger partial charge in [-0.05, 0) is 38.0 Å². The summed E-state index contributed by atoms with van der Waals surface area (Å²) in [5.74, 6) is 1.18. The molecule has 1 aromatic carbocycles. The van der Waals surface area contributed by atoms with E-state index in [1.165, 1.54) is 5.56 Å². The summed E-state index contributed by atoms with van der Waals surface area (Å²) >= 11 is 0. The molecule has 2 heterocycles. The molecule has 2 fully saturated rings. The zero-order chi connectivity index (χ0) is 16.4. The van der Waals surface area contributed by atoms with Crippen molar-refractivity contribution in [2.45, 2.75) is 45.3 Å². The molecule has 1 aromatic rings. The molecule has 5 nitrogen and oxygen atoms in total. The highest BCUT2D eigenvalue weighted by Gasteiger charge is 2.25. The quantitative estimate of drug-likeness (QED) is 0.922. The topological polar surface area (TPSA) is 44.8 Å². The van der Waals surface area contributed by atoms with Crippen LogP contribution in [0.1, 0.15) is 32.3 Å². The smallest absolute Gasteiger partial charge is 0.222 e. The first kappa shape index (κ1) is 16.1. The Morgan fingerprint density at radius 1 is 1.26 bits per heavy atom. The van der Waals surface area contributed by atoms with E-state index in [2.05, 4.69) is 36.2 Å². The standard InChI is InChI=1S/C18H27N3O2/c1-13-10-21(11-14(2)19-13)16-9-15(6-7-17(16)23-3)12-20-8-4-5-18(20)22/h6-7,9,13-14,19H,4-5,8,10-12H2,1-3H3/t13-,14?/m0/s1. The third-order valence-corrected chi connectivity index (χ3v) is 4.69. The summed E-state index contributed by atoms with van der Waals surface area (Å²) < 4.78 is 5.57. The van der Waals surface area contributed by atoms with Crippen LogP contribution in [0.25, 0.3) is 0 Å². The summed E-state index contributed by atoms with van der Waals surface area (Å²) in [5.41, 5.74) is 2.31. The number of hydrogen-bond acceptors (Lipinski definition) is 4. The van der Waals surface area contributed by atoms with Crippen LogP contribution in [-0.4, -0.2) is 49.6 Å². The average Bonchev–Trinajstić information content (AvgIpc) is 2.91. The summed E-state index contributed by atoms with van der Waals surface area (Å²) in [6.45, 7) is 7.93. The molecular weight excluding hydrogens is 290 g/mol. The number of likely N-dealkylation sites (tertiary alicyclic amines) is 1. The Morgan fingerprint density at radius 3 is 2.61 bits per heavy atom. The molecule has 2 atom stereocenters. The highest BCUT2D eigenvalue weighted by Crippen LogP contribution is 2.31. The second-order valence-corrected chi connectivity index (χ2v) is 6.80. The van der Waals surface area contributed by atoms with Crippen molar-refractivity contribution in [2.75, 3.05) is 31.6 Å². The van der Waals surface area contributed by atoms with E-state index < -0.39 is 0 Å². The Hall–Kier alpha value is -1.75. The van der Waals surface area contributed by atoms with Gasteiger partial charge in [0.25, 0.3) is 0 Å². The number of anilines is 1. The largest absolute Gasteiger partial charge is 0.495 e. The fourth-order valence-electron chi connectivity index (χ4n) is 3.70. The zero-order valence-corrected chi connectivity index (χ0v) is 14.3. The first-order chi connectivity index (χ1) is 11.1. The molecule has 0 bridgehead atoms. The second-order valence-electron chi connectivity index (χ2n) is 6.80. The van der Waals surface area contributed by atoms with Gasteiger partial charge in [-0.2, -0.15) is 0 Å². The lowest BCUT2D eigenvalue weighted by molar-refractivity contribution is -0.128. The Bertz CT molecular complexity index is 565. The molecule has 0 aromatic heterocycles. The van der Waals surface area contributed by atoms with Crippen molar-refractivity contribution in [3.63, 3.8) is 0 Å². The number of piperazine rings is 1. The summed E-state index contributed by atoms with van der Waals surface area (Å²) in [6.07, 6.45) is 1.67. The van der Waals surface area contributed by atoms with E-state index in [9.17, 15) is 4.79 Å². The SMILES string of the molecule is COc1ccc(CN2CCCC2=O)cc1N1CC(C)N[C@@H](C)C1. The maximum Gasteiger partial charge on any atom is 0.222 e. The van der Waals surface area contributed by atoms with Crippen LogP contribution in [-0.2, 0) is 11.3 Å². The number of hydrogen-bond donors (Lipinski definition) is 1. The van der Waals surface area contributed by atoms with Gasteiger partial charge in [-0.15, -0.1) is 0 Å². The van der Waals surface area contributed by atoms with Gasteiger partial charge in [0.1, 0.15) is 5.75 Å². The van der Waals surface area contributed by atoms with E-state index in [1.54, 1.807) is 7.11 Å². The molecule has 23 heavy (non-hydrogen) atoms. The fourth-order valence-corrected chi connectivity index (χ4v) is 3.70. The molecule has 126 valence electrons. The number of benzene rings is 1. The number of rotatable bonds is 4. The van der Waals surface area contributed by atoms with E-state index in [4.69, 9.17) is 4.74 Å². The summed E-state index contributed by atoms with van der Waals surface area (Å²) in [5, 5.41) is 3.56. The summed E-state index contributed by atoms with van der Waals surface area (Å²) in [6, 6.07) is 7.19. The molecule has 1 unspecified atom stereocenters. The molecule has 2 saturated heterocycles. The Morgan fingerprint density at radius 2 is 2.00 bits per heavy atom. The molecule has 1 N–H and O–H groups in total. The molecule has 5 heteroatoms. The molecule has 0 spiro atoms. The van der Waals surface area contributed by atoms with Gasteiger partial charge in [0, 0.05) is 44.7 Å². The highest BCUT2D eigenvalue weighted by molar-refractivity contribution is 5.78. The predicted molar refractivity (Wildman–Crippen MR) is 91.9 cm³/mol. The van der Waals surface area contributed by atoms with Crippen molar-refractivity contribution in [1.82, 2.24) is 10.2 Å². The number of carbonyl (C=O) groups is 1. The predicted octanol–water partition coefficient (Wildman–Crippen LogP) is 2.00. The van der Waals surface area contributed by atoms with Crippen molar-refractivity contribution >= 4 is 11.6 Å². The van der Waals surface area contributed by atoms with Gasteiger partial charge in [0.05, 0.1) is 12.8 Å². The molecule has 2 aliphatic heterocycles. The van der Waals surface area contributed by atoms with Crippen molar-refractivity contribution in [3.8, 4) is 5.75 Å². The molecule has 3 rings (SSSR count). The Kier molecular flexibility index (Phi) is 4.76. The van der Waals surface area contributed by atoms with Crippen LogP contribution in [0.3, 0.4) is 0 Å². The van der Waals surface area contributed by atoms with Crippen LogP contribution >= 0.6 is 0 Å². The fraction of sp³-hybridized carbons (Fsp3) is 0.611. The summed E-state index contributed by atoms with van der Waals surface area (Å²) in [4.78, 5) is 16.2. The highest BCUT2D eigenvalue weighted by atomic mass is 16.5. The van der Waals surface area contributed by atoms with Gasteiger partial charge in [-0.3, -0.25) is 4.79 Å². The molecule has 0 radical (unpaired) electrons. The molecule has 2 aliphatic rings. The minimum absolute atomic E-state index is 0.270. The van der Waals surface area contributed by atoms with E-state index in [-0.39, 0.29) is 5.91 Å². The average molecular weight is 317 g/mol. The van der Waals surface area contributed by atoms with Gasteiger partial charge in [0.2, 0.25) is 5.91 Å². The molecule has 1 amide bonds. The Labute approximate surface area is 138 Å². The number of amides is 1. The van der Waals surface area contributed by atoms with E-state index >= 15 is 0 Å². The minimum Gasteiger partial charge on any atom is -0.495 e. The lowest BCUT2D eigenvalue weighted by atomic mass is 10.1. The molecule has 0 aliphatic carbocycles. The lowest BCUT2D eigenvalue weighted by Gasteiger charge is -2.38. The monoisotopic (exact) mass is 317 g/mol. The Balaban J connectivity index is 1.82. The number of carbonyl (C=O) groups excluding carboxylic acids is 1. The number of ether oxygens (including phenoxy) is 1. The van der Waals surface area contributed by atoms with Crippen LogP contribution in [0, 0.1) is 0 Å². The third-order valence-electron chi connectivity index (χ3n) is 4.69. The van der Waals surface area contributed by atoms with Gasteiger partial charge in [0.15, 0.2) is 0 Å². The zero-order valence-electron chi connectivity index (χ0n) is 14.3. The maximum atomic E-state index is 11.9. The number of nitrogens with one attached hydrogen (secondary N) is 1. The summed E-state index contributed by atoms with van der Waals surface area (Å²) in [7, 11) is 1.72. The van der Waals surface area contributed by atoms with Crippen molar-refractivity contribution in [2.24, 2.45) is 0 Å². The normalized spacial score (nSPS) is 25.1. The van der Waals surface area contributed by atoms with Crippen molar-refractivity contribution in [1.29, 1.82) is 0 Å². The molecular formula is C18H27N3O2.